The summed E-state index contributed by atoms with van der Waals surface area (Å²) in [6, 6.07) is 5.72. The number of rotatable bonds is 4. The molecule has 9 heteroatoms. The zero-order valence-corrected chi connectivity index (χ0v) is 18.6. The number of aromatic nitrogens is 1. The van der Waals surface area contributed by atoms with E-state index in [4.69, 9.17) is 5.21 Å². The minimum Gasteiger partial charge on any atom is -0.792 e. The summed E-state index contributed by atoms with van der Waals surface area (Å²) in [5.74, 6) is 0. The Bertz CT molecular complexity index is 611. The maximum Gasteiger partial charge on any atom is 3.00 e. The van der Waals surface area contributed by atoms with Gasteiger partial charge in [-0.3, -0.25) is 15.9 Å². The number of carbonyl (C=O) groups excluding carboxylic acids is 1. The molecule has 1 aromatic rings. The molecule has 0 unspecified atom stereocenters. The molecular weight excluding hydrogens is 419 g/mol. The van der Waals surface area contributed by atoms with Crippen LogP contribution in [0.1, 0.15) is 41.5 Å². The van der Waals surface area contributed by atoms with E-state index in [-0.39, 0.29) is 28.2 Å². The number of carbonyl (C=O) groups is 1. The van der Waals surface area contributed by atoms with Crippen molar-refractivity contribution in [3.63, 3.8) is 0 Å². The van der Waals surface area contributed by atoms with Crippen LogP contribution < -0.4 is 5.48 Å². The van der Waals surface area contributed by atoms with E-state index >= 15 is 0 Å². The third-order valence-corrected chi connectivity index (χ3v) is 2.69. The summed E-state index contributed by atoms with van der Waals surface area (Å²) in [6.07, 6.45) is 8.64. The van der Waals surface area contributed by atoms with Crippen LogP contribution in [0.4, 0.5) is 0 Å². The predicted octanol–water partition coefficient (Wildman–Crippen LogP) is 4.38. The molecule has 0 aliphatic rings. The van der Waals surface area contributed by atoms with Crippen molar-refractivity contribution >= 4 is 17.7 Å². The SMILES string of the molecule is C/C(C=O)=C(\C)N[O-].C=[C-]C=C(C)C.CC(=N\[O-])/C(C)=N/O.[Co+3].c1ccncc1. The average molecular weight is 448 g/mol. The Morgan fingerprint density at radius 3 is 1.72 bits per heavy atom. The normalized spacial score (nSPS) is 10.4. The maximum absolute atomic E-state index is 9.87. The number of nitrogens with zero attached hydrogens (tertiary/aromatic N) is 3. The van der Waals surface area contributed by atoms with Crippen LogP contribution >= 0.6 is 0 Å². The summed E-state index contributed by atoms with van der Waals surface area (Å²) in [5, 5.41) is 32.7. The predicted molar refractivity (Wildman–Crippen MR) is 115 cm³/mol. The molecule has 8 nitrogen and oxygen atoms in total. The van der Waals surface area contributed by atoms with Crippen LogP contribution in [0.15, 0.2) is 70.4 Å². The van der Waals surface area contributed by atoms with Gasteiger partial charge in [0, 0.05) is 23.7 Å². The van der Waals surface area contributed by atoms with Crippen LogP contribution in [0.2, 0.25) is 0 Å². The van der Waals surface area contributed by atoms with Gasteiger partial charge in [-0.2, -0.15) is 6.58 Å². The molecule has 1 rings (SSSR count). The smallest absolute Gasteiger partial charge is 0.792 e. The fourth-order valence-corrected chi connectivity index (χ4v) is 0.824. The van der Waals surface area contributed by atoms with E-state index in [9.17, 15) is 15.2 Å². The zero-order chi connectivity index (χ0) is 22.4. The molecule has 0 amide bonds. The molecule has 2 N–H and O–H groups in total. The summed E-state index contributed by atoms with van der Waals surface area (Å²) in [6.45, 7) is 13.5. The Morgan fingerprint density at radius 1 is 1.10 bits per heavy atom. The Balaban J connectivity index is -0.000000143. The monoisotopic (exact) mass is 448 g/mol. The van der Waals surface area contributed by atoms with Crippen molar-refractivity contribution in [2.45, 2.75) is 41.5 Å². The molecule has 0 spiro atoms. The van der Waals surface area contributed by atoms with E-state index in [1.54, 1.807) is 31.7 Å². The van der Waals surface area contributed by atoms with E-state index in [1.807, 2.05) is 38.1 Å². The average Bonchev–Trinajstić information content (AvgIpc) is 2.73. The standard InChI is InChI=1S/C6H9.C5H8NO2.C5H5N.C4H8N2O2.Co/c1-4-5-6(2)3;1-4(3-7)5(2)6-8;1-2-4-6-5-3-1;1-3(5-7)4(2)6-8;/h5H,1H2,2-3H3;3,6H,1-2H3;1-5H;7-8H,1-2H3;/q2*-1;;;+3/p-1/b;5-4-;;5-3+,6-4+;. The van der Waals surface area contributed by atoms with Crippen LogP contribution in [-0.4, -0.2) is 27.9 Å². The van der Waals surface area contributed by atoms with Gasteiger partial charge >= 0.3 is 16.8 Å². The largest absolute Gasteiger partial charge is 3.00 e. The Kier molecular flexibility index (Phi) is 29.4. The molecule has 0 atom stereocenters. The molecule has 0 fully saturated rings. The molecule has 162 valence electrons. The van der Waals surface area contributed by atoms with E-state index in [0.29, 0.717) is 17.6 Å². The van der Waals surface area contributed by atoms with Crippen LogP contribution in [0, 0.1) is 16.5 Å². The molecule has 1 aromatic heterocycles. The van der Waals surface area contributed by atoms with Gasteiger partial charge in [-0.05, 0) is 39.8 Å². The second-order valence-corrected chi connectivity index (χ2v) is 5.34. The number of hydroxylamine groups is 1. The summed E-state index contributed by atoms with van der Waals surface area (Å²) in [7, 11) is 0. The number of hydrogen-bond donors (Lipinski definition) is 2. The van der Waals surface area contributed by atoms with Gasteiger partial charge < -0.3 is 26.3 Å². The minimum atomic E-state index is 0. The summed E-state index contributed by atoms with van der Waals surface area (Å²) >= 11 is 0. The number of hydrogen-bond acceptors (Lipinski definition) is 8. The summed E-state index contributed by atoms with van der Waals surface area (Å²) in [4.78, 5) is 13.7. The Morgan fingerprint density at radius 2 is 1.62 bits per heavy atom. The quantitative estimate of drug-likeness (QED) is 0.134. The van der Waals surface area contributed by atoms with Crippen LogP contribution in [0.3, 0.4) is 0 Å². The van der Waals surface area contributed by atoms with E-state index in [2.05, 4.69) is 28.0 Å². The fraction of sp³-hybridized carbons (Fsp3) is 0.300. The van der Waals surface area contributed by atoms with E-state index in [0.717, 1.165) is 0 Å². The van der Waals surface area contributed by atoms with Gasteiger partial charge in [0.05, 0.1) is 11.4 Å². The van der Waals surface area contributed by atoms with Gasteiger partial charge in [0.15, 0.2) is 0 Å². The summed E-state index contributed by atoms with van der Waals surface area (Å²) < 4.78 is 0. The second kappa shape index (κ2) is 25.2. The molecule has 0 bridgehead atoms. The Labute approximate surface area is 183 Å². The van der Waals surface area contributed by atoms with Crippen molar-refractivity contribution in [1.82, 2.24) is 10.5 Å². The summed E-state index contributed by atoms with van der Waals surface area (Å²) in [5.41, 5.74) is 4.13. The first-order valence-corrected chi connectivity index (χ1v) is 8.09. The molecular formula is C20H29CoN4O4. The second-order valence-electron chi connectivity index (χ2n) is 5.34. The van der Waals surface area contributed by atoms with E-state index < -0.39 is 0 Å². The van der Waals surface area contributed by atoms with Gasteiger partial charge in [0.25, 0.3) is 0 Å². The third-order valence-electron chi connectivity index (χ3n) is 2.69. The first-order chi connectivity index (χ1) is 13.2. The van der Waals surface area contributed by atoms with E-state index in [1.165, 1.54) is 19.4 Å². The molecule has 0 saturated carbocycles. The molecule has 0 radical (unpaired) electrons. The van der Waals surface area contributed by atoms with Crippen LogP contribution in [0.25, 0.3) is 0 Å². The van der Waals surface area contributed by atoms with Crippen molar-refractivity contribution < 1.29 is 26.8 Å². The van der Waals surface area contributed by atoms with Gasteiger partial charge in [-0.25, -0.2) is 11.6 Å². The number of aldehydes is 1. The van der Waals surface area contributed by atoms with Crippen molar-refractivity contribution in [1.29, 1.82) is 0 Å². The molecule has 0 aromatic carbocycles. The molecule has 1 heterocycles. The third kappa shape index (κ3) is 27.6. The van der Waals surface area contributed by atoms with Gasteiger partial charge in [0.2, 0.25) is 0 Å². The molecule has 0 aliphatic carbocycles. The van der Waals surface area contributed by atoms with Gasteiger partial charge in [-0.15, -0.1) is 13.8 Å². The number of pyridine rings is 1. The minimum absolute atomic E-state index is 0. The zero-order valence-electron chi connectivity index (χ0n) is 17.6. The first-order valence-electron chi connectivity index (χ1n) is 8.09. The molecule has 0 saturated heterocycles. The number of allylic oxidation sites excluding steroid dienone is 5. The van der Waals surface area contributed by atoms with Gasteiger partial charge in [0.1, 0.15) is 6.29 Å². The van der Waals surface area contributed by atoms with Crippen LogP contribution in [-0.2, 0) is 21.6 Å². The number of oxime groups is 1. The number of nitrogens with one attached hydrogen (secondary N) is 1. The van der Waals surface area contributed by atoms with Crippen LogP contribution in [0.5, 0.6) is 0 Å². The topological polar surface area (TPSA) is 133 Å². The van der Waals surface area contributed by atoms with Crippen molar-refractivity contribution in [3.8, 4) is 0 Å². The molecule has 0 aliphatic heterocycles. The van der Waals surface area contributed by atoms with Crippen molar-refractivity contribution in [3.05, 3.63) is 76.6 Å². The van der Waals surface area contributed by atoms with Gasteiger partial charge in [-0.1, -0.05) is 11.2 Å². The molecule has 29 heavy (non-hydrogen) atoms. The van der Waals surface area contributed by atoms with Crippen molar-refractivity contribution in [2.75, 3.05) is 0 Å². The first kappa shape index (κ1) is 33.8. The maximum atomic E-state index is 9.87. The Hall–Kier alpha value is -2.75. The van der Waals surface area contributed by atoms with Crippen molar-refractivity contribution in [2.24, 2.45) is 10.3 Å². The fourth-order valence-electron chi connectivity index (χ4n) is 0.824.